The van der Waals surface area contributed by atoms with Gasteiger partial charge in [-0.2, -0.15) is 0 Å². The van der Waals surface area contributed by atoms with Crippen molar-refractivity contribution in [3.63, 3.8) is 0 Å². The van der Waals surface area contributed by atoms with E-state index >= 15 is 0 Å². The second-order valence-corrected chi connectivity index (χ2v) is 4.97. The molecule has 2 amide bonds. The predicted molar refractivity (Wildman–Crippen MR) is 74.0 cm³/mol. The van der Waals surface area contributed by atoms with Crippen LogP contribution in [0.25, 0.3) is 0 Å². The minimum absolute atomic E-state index is 0.0129. The largest absolute Gasteiger partial charge is 0.478 e. The fourth-order valence-electron chi connectivity index (χ4n) is 2.24. The first-order valence-corrected chi connectivity index (χ1v) is 6.50. The minimum Gasteiger partial charge on any atom is -0.478 e. The zero-order chi connectivity index (χ0) is 14.7. The fourth-order valence-corrected chi connectivity index (χ4v) is 2.24. The van der Waals surface area contributed by atoms with Crippen molar-refractivity contribution in [1.29, 1.82) is 0 Å². The zero-order valence-corrected chi connectivity index (χ0v) is 11.5. The number of morpholine rings is 1. The van der Waals surface area contributed by atoms with Gasteiger partial charge in [0.05, 0.1) is 17.8 Å². The molecule has 1 aromatic rings. The number of aromatic carboxylic acids is 1. The number of nitrogens with one attached hydrogen (secondary N) is 1. The molecule has 1 heterocycles. The highest BCUT2D eigenvalue weighted by atomic mass is 16.5. The van der Waals surface area contributed by atoms with Gasteiger partial charge in [-0.1, -0.05) is 0 Å². The molecule has 108 valence electrons. The molecular formula is C14H18N2O4. The Morgan fingerprint density at radius 2 is 1.75 bits per heavy atom. The third-order valence-corrected chi connectivity index (χ3v) is 3.09. The number of hydrogen-bond acceptors (Lipinski definition) is 3. The molecule has 2 atom stereocenters. The maximum absolute atomic E-state index is 12.1. The number of carbonyl (C=O) groups is 2. The summed E-state index contributed by atoms with van der Waals surface area (Å²) in [4.78, 5) is 24.6. The van der Waals surface area contributed by atoms with E-state index in [2.05, 4.69) is 5.32 Å². The Morgan fingerprint density at radius 3 is 2.25 bits per heavy atom. The Hall–Kier alpha value is -2.08. The van der Waals surface area contributed by atoms with E-state index < -0.39 is 5.97 Å². The van der Waals surface area contributed by atoms with Crippen LogP contribution in [-0.2, 0) is 4.74 Å². The van der Waals surface area contributed by atoms with Crippen LogP contribution in [0.5, 0.6) is 0 Å². The number of nitrogens with zero attached hydrogens (tertiary/aromatic N) is 1. The molecular weight excluding hydrogens is 260 g/mol. The van der Waals surface area contributed by atoms with E-state index in [1.54, 1.807) is 17.0 Å². The molecule has 2 unspecified atom stereocenters. The van der Waals surface area contributed by atoms with Crippen LogP contribution in [0.1, 0.15) is 24.2 Å². The van der Waals surface area contributed by atoms with Crippen LogP contribution in [0, 0.1) is 0 Å². The molecule has 1 saturated heterocycles. The molecule has 6 heteroatoms. The smallest absolute Gasteiger partial charge is 0.335 e. The van der Waals surface area contributed by atoms with Crippen LogP contribution in [-0.4, -0.2) is 47.3 Å². The van der Waals surface area contributed by atoms with E-state index in [0.717, 1.165) is 0 Å². The van der Waals surface area contributed by atoms with Gasteiger partial charge in [-0.3, -0.25) is 0 Å². The van der Waals surface area contributed by atoms with Gasteiger partial charge < -0.3 is 20.1 Å². The van der Waals surface area contributed by atoms with Crippen molar-refractivity contribution in [2.24, 2.45) is 0 Å². The number of urea groups is 1. The lowest BCUT2D eigenvalue weighted by Crippen LogP contribution is -2.49. The number of carbonyl (C=O) groups excluding carboxylic acids is 1. The summed E-state index contributed by atoms with van der Waals surface area (Å²) < 4.78 is 5.57. The normalized spacial score (nSPS) is 22.4. The number of carboxylic acids is 1. The van der Waals surface area contributed by atoms with Crippen molar-refractivity contribution in [3.05, 3.63) is 29.8 Å². The third-order valence-electron chi connectivity index (χ3n) is 3.09. The molecule has 1 aliphatic rings. The molecule has 0 aliphatic carbocycles. The van der Waals surface area contributed by atoms with Gasteiger partial charge in [0, 0.05) is 18.8 Å². The van der Waals surface area contributed by atoms with Gasteiger partial charge in [-0.15, -0.1) is 0 Å². The molecule has 0 spiro atoms. The first kappa shape index (κ1) is 14.3. The fraction of sp³-hybridized carbons (Fsp3) is 0.429. The van der Waals surface area contributed by atoms with Gasteiger partial charge in [-0.05, 0) is 38.1 Å². The van der Waals surface area contributed by atoms with Crippen LogP contribution < -0.4 is 5.32 Å². The number of rotatable bonds is 2. The van der Waals surface area contributed by atoms with Crippen LogP contribution in [0.4, 0.5) is 10.5 Å². The van der Waals surface area contributed by atoms with Crippen molar-refractivity contribution >= 4 is 17.7 Å². The maximum atomic E-state index is 12.1. The molecule has 6 nitrogen and oxygen atoms in total. The second kappa shape index (κ2) is 5.92. The van der Waals surface area contributed by atoms with Crippen molar-refractivity contribution in [1.82, 2.24) is 4.90 Å². The summed E-state index contributed by atoms with van der Waals surface area (Å²) in [5.74, 6) is -0.987. The lowest BCUT2D eigenvalue weighted by Gasteiger charge is -2.35. The van der Waals surface area contributed by atoms with Gasteiger partial charge in [-0.25, -0.2) is 9.59 Å². The quantitative estimate of drug-likeness (QED) is 0.867. The zero-order valence-electron chi connectivity index (χ0n) is 11.5. The van der Waals surface area contributed by atoms with E-state index in [9.17, 15) is 9.59 Å². The lowest BCUT2D eigenvalue weighted by atomic mass is 10.2. The number of amides is 2. The van der Waals surface area contributed by atoms with E-state index in [4.69, 9.17) is 9.84 Å². The Labute approximate surface area is 117 Å². The van der Waals surface area contributed by atoms with Crippen LogP contribution >= 0.6 is 0 Å². The van der Waals surface area contributed by atoms with E-state index in [0.29, 0.717) is 18.8 Å². The molecule has 1 aliphatic heterocycles. The van der Waals surface area contributed by atoms with E-state index in [-0.39, 0.29) is 23.8 Å². The maximum Gasteiger partial charge on any atom is 0.335 e. The molecule has 2 rings (SSSR count). The summed E-state index contributed by atoms with van der Waals surface area (Å²) in [6.07, 6.45) is 0.0257. The molecule has 0 aromatic heterocycles. The third kappa shape index (κ3) is 3.48. The molecule has 1 fully saturated rings. The Bertz CT molecular complexity index is 490. The average Bonchev–Trinajstić information content (AvgIpc) is 2.38. The van der Waals surface area contributed by atoms with Crippen molar-refractivity contribution < 1.29 is 19.4 Å². The van der Waals surface area contributed by atoms with Crippen LogP contribution in [0.3, 0.4) is 0 Å². The molecule has 20 heavy (non-hydrogen) atoms. The Kier molecular flexibility index (Phi) is 4.24. The number of hydrogen-bond donors (Lipinski definition) is 2. The highest BCUT2D eigenvalue weighted by molar-refractivity contribution is 5.91. The van der Waals surface area contributed by atoms with Gasteiger partial charge in [0.2, 0.25) is 0 Å². The van der Waals surface area contributed by atoms with E-state index in [1.807, 2.05) is 13.8 Å². The average molecular weight is 278 g/mol. The standard InChI is InChI=1S/C14H18N2O4/c1-9-7-16(8-10(2)20-9)14(19)15-12-5-3-11(4-6-12)13(17)18/h3-6,9-10H,7-8H2,1-2H3,(H,15,19)(H,17,18). The number of benzene rings is 1. The van der Waals surface area contributed by atoms with Crippen LogP contribution in [0.2, 0.25) is 0 Å². The summed E-state index contributed by atoms with van der Waals surface area (Å²) in [6, 6.07) is 5.88. The number of ether oxygens (including phenoxy) is 1. The SMILES string of the molecule is CC1CN(C(=O)Nc2ccc(C(=O)O)cc2)CC(C)O1. The summed E-state index contributed by atoms with van der Waals surface area (Å²) >= 11 is 0. The van der Waals surface area contributed by atoms with Gasteiger partial charge in [0.25, 0.3) is 0 Å². The molecule has 0 radical (unpaired) electrons. The summed E-state index contributed by atoms with van der Waals surface area (Å²) in [7, 11) is 0. The predicted octanol–water partition coefficient (Wildman–Crippen LogP) is 2.03. The van der Waals surface area contributed by atoms with Crippen molar-refractivity contribution in [2.45, 2.75) is 26.1 Å². The van der Waals surface area contributed by atoms with Gasteiger partial charge in [0.15, 0.2) is 0 Å². The van der Waals surface area contributed by atoms with Crippen molar-refractivity contribution in [3.8, 4) is 0 Å². The highest BCUT2D eigenvalue weighted by Crippen LogP contribution is 2.14. The Balaban J connectivity index is 1.98. The number of anilines is 1. The molecule has 0 saturated carbocycles. The first-order valence-electron chi connectivity index (χ1n) is 6.50. The first-order chi connectivity index (χ1) is 9.45. The minimum atomic E-state index is -0.987. The summed E-state index contributed by atoms with van der Waals surface area (Å²) in [5, 5.41) is 11.6. The molecule has 2 N–H and O–H groups in total. The lowest BCUT2D eigenvalue weighted by molar-refractivity contribution is -0.0530. The van der Waals surface area contributed by atoms with Gasteiger partial charge >= 0.3 is 12.0 Å². The number of carboxylic acid groups (broad SMARTS) is 1. The monoisotopic (exact) mass is 278 g/mol. The summed E-state index contributed by atoms with van der Waals surface area (Å²) in [5.41, 5.74) is 0.767. The van der Waals surface area contributed by atoms with Crippen molar-refractivity contribution in [2.75, 3.05) is 18.4 Å². The van der Waals surface area contributed by atoms with Crippen LogP contribution in [0.15, 0.2) is 24.3 Å². The second-order valence-electron chi connectivity index (χ2n) is 4.97. The highest BCUT2D eigenvalue weighted by Gasteiger charge is 2.25. The van der Waals surface area contributed by atoms with Gasteiger partial charge in [0.1, 0.15) is 0 Å². The topological polar surface area (TPSA) is 78.9 Å². The molecule has 0 bridgehead atoms. The Morgan fingerprint density at radius 1 is 1.20 bits per heavy atom. The molecule has 1 aromatic carbocycles. The summed E-state index contributed by atoms with van der Waals surface area (Å²) in [6.45, 7) is 4.95. The van der Waals surface area contributed by atoms with E-state index in [1.165, 1.54) is 12.1 Å².